The van der Waals surface area contributed by atoms with Gasteiger partial charge in [-0.15, -0.1) is 0 Å². The predicted octanol–water partition coefficient (Wildman–Crippen LogP) is 3.00. The standard InChI is InChI=1S/C15H23NO/c1-4-17-12(3)10-16-15-8-7-13-6-5-11(2)9-14(13)15/h5-6,9,12,15-16H,4,7-8,10H2,1-3H3. The van der Waals surface area contributed by atoms with Crippen LogP contribution in [0.1, 0.15) is 43.0 Å². The Hall–Kier alpha value is -0.860. The topological polar surface area (TPSA) is 21.3 Å². The van der Waals surface area contributed by atoms with Crippen LogP contribution in [0.5, 0.6) is 0 Å². The Kier molecular flexibility index (Phi) is 4.19. The molecule has 2 nitrogen and oxygen atoms in total. The molecular weight excluding hydrogens is 210 g/mol. The molecule has 1 aromatic rings. The number of aryl methyl sites for hydroxylation is 2. The molecule has 2 atom stereocenters. The first-order valence-corrected chi connectivity index (χ1v) is 6.65. The fourth-order valence-corrected chi connectivity index (χ4v) is 2.59. The summed E-state index contributed by atoms with van der Waals surface area (Å²) >= 11 is 0. The Bertz CT molecular complexity index is 375. The van der Waals surface area contributed by atoms with Gasteiger partial charge in [0.15, 0.2) is 0 Å². The van der Waals surface area contributed by atoms with E-state index in [2.05, 4.69) is 37.4 Å². The zero-order valence-corrected chi connectivity index (χ0v) is 11.1. The van der Waals surface area contributed by atoms with Crippen molar-refractivity contribution in [1.82, 2.24) is 5.32 Å². The minimum atomic E-state index is 0.300. The molecule has 0 aromatic heterocycles. The second-order valence-corrected chi connectivity index (χ2v) is 4.97. The van der Waals surface area contributed by atoms with Crippen molar-refractivity contribution in [3.05, 3.63) is 34.9 Å². The van der Waals surface area contributed by atoms with Crippen molar-refractivity contribution in [2.75, 3.05) is 13.2 Å². The van der Waals surface area contributed by atoms with Crippen LogP contribution in [-0.4, -0.2) is 19.3 Å². The third-order valence-corrected chi connectivity index (χ3v) is 3.48. The van der Waals surface area contributed by atoms with E-state index in [1.54, 1.807) is 0 Å². The summed E-state index contributed by atoms with van der Waals surface area (Å²) in [6, 6.07) is 7.33. The van der Waals surface area contributed by atoms with Crippen LogP contribution in [0.2, 0.25) is 0 Å². The molecule has 0 spiro atoms. The van der Waals surface area contributed by atoms with E-state index in [9.17, 15) is 0 Å². The second kappa shape index (κ2) is 5.65. The molecule has 1 aromatic carbocycles. The lowest BCUT2D eigenvalue weighted by Crippen LogP contribution is -2.29. The number of fused-ring (bicyclic) bond motifs is 1. The van der Waals surface area contributed by atoms with Crippen LogP contribution in [0.25, 0.3) is 0 Å². The Morgan fingerprint density at radius 3 is 3.06 bits per heavy atom. The molecule has 0 heterocycles. The summed E-state index contributed by atoms with van der Waals surface area (Å²) in [6.45, 7) is 8.07. The summed E-state index contributed by atoms with van der Waals surface area (Å²) in [6.07, 6.45) is 2.72. The van der Waals surface area contributed by atoms with Gasteiger partial charge in [-0.05, 0) is 44.7 Å². The van der Waals surface area contributed by atoms with E-state index < -0.39 is 0 Å². The van der Waals surface area contributed by atoms with E-state index >= 15 is 0 Å². The Morgan fingerprint density at radius 2 is 2.29 bits per heavy atom. The summed E-state index contributed by atoms with van der Waals surface area (Å²) in [7, 11) is 0. The molecule has 0 radical (unpaired) electrons. The van der Waals surface area contributed by atoms with Crippen molar-refractivity contribution >= 4 is 0 Å². The predicted molar refractivity (Wildman–Crippen MR) is 71.3 cm³/mol. The first kappa shape index (κ1) is 12.6. The molecule has 0 saturated carbocycles. The lowest BCUT2D eigenvalue weighted by atomic mass is 10.1. The molecule has 2 rings (SSSR count). The monoisotopic (exact) mass is 233 g/mol. The van der Waals surface area contributed by atoms with E-state index in [-0.39, 0.29) is 0 Å². The lowest BCUT2D eigenvalue weighted by Gasteiger charge is -2.18. The van der Waals surface area contributed by atoms with Gasteiger partial charge in [0.1, 0.15) is 0 Å². The molecule has 2 unspecified atom stereocenters. The van der Waals surface area contributed by atoms with Crippen molar-refractivity contribution in [1.29, 1.82) is 0 Å². The highest BCUT2D eigenvalue weighted by Crippen LogP contribution is 2.31. The summed E-state index contributed by atoms with van der Waals surface area (Å²) in [4.78, 5) is 0. The fourth-order valence-electron chi connectivity index (χ4n) is 2.59. The van der Waals surface area contributed by atoms with Gasteiger partial charge in [-0.25, -0.2) is 0 Å². The van der Waals surface area contributed by atoms with E-state index in [4.69, 9.17) is 4.74 Å². The van der Waals surface area contributed by atoms with Crippen LogP contribution < -0.4 is 5.32 Å². The van der Waals surface area contributed by atoms with E-state index in [0.717, 1.165) is 13.2 Å². The van der Waals surface area contributed by atoms with Crippen molar-refractivity contribution < 1.29 is 4.74 Å². The SMILES string of the molecule is CCOC(C)CNC1CCc2ccc(C)cc21. The van der Waals surface area contributed by atoms with E-state index in [1.165, 1.54) is 29.5 Å². The van der Waals surface area contributed by atoms with Crippen LogP contribution in [0.3, 0.4) is 0 Å². The van der Waals surface area contributed by atoms with Crippen LogP contribution in [-0.2, 0) is 11.2 Å². The molecule has 1 aliphatic carbocycles. The van der Waals surface area contributed by atoms with Gasteiger partial charge in [-0.1, -0.05) is 23.8 Å². The number of hydrogen-bond acceptors (Lipinski definition) is 2. The molecule has 0 saturated heterocycles. The average Bonchev–Trinajstić information content (AvgIpc) is 2.69. The van der Waals surface area contributed by atoms with Crippen LogP contribution in [0.4, 0.5) is 0 Å². The zero-order valence-electron chi connectivity index (χ0n) is 11.1. The van der Waals surface area contributed by atoms with Gasteiger partial charge in [0, 0.05) is 19.2 Å². The summed E-state index contributed by atoms with van der Waals surface area (Å²) in [5.74, 6) is 0. The van der Waals surface area contributed by atoms with Gasteiger partial charge in [-0.2, -0.15) is 0 Å². The third-order valence-electron chi connectivity index (χ3n) is 3.48. The highest BCUT2D eigenvalue weighted by Gasteiger charge is 2.22. The first-order chi connectivity index (χ1) is 8.20. The second-order valence-electron chi connectivity index (χ2n) is 4.97. The maximum absolute atomic E-state index is 5.55. The summed E-state index contributed by atoms with van der Waals surface area (Å²) in [5, 5.41) is 3.62. The lowest BCUT2D eigenvalue weighted by molar-refractivity contribution is 0.0739. The Balaban J connectivity index is 1.95. The number of rotatable bonds is 5. The summed E-state index contributed by atoms with van der Waals surface area (Å²) < 4.78 is 5.55. The van der Waals surface area contributed by atoms with Crippen LogP contribution in [0, 0.1) is 6.92 Å². The van der Waals surface area contributed by atoms with Crippen molar-refractivity contribution in [3.8, 4) is 0 Å². The smallest absolute Gasteiger partial charge is 0.0671 e. The molecule has 17 heavy (non-hydrogen) atoms. The summed E-state index contributed by atoms with van der Waals surface area (Å²) in [5.41, 5.74) is 4.36. The van der Waals surface area contributed by atoms with Gasteiger partial charge in [0.05, 0.1) is 6.10 Å². The van der Waals surface area contributed by atoms with Gasteiger partial charge in [0.25, 0.3) is 0 Å². The fraction of sp³-hybridized carbons (Fsp3) is 0.600. The number of ether oxygens (including phenoxy) is 1. The molecule has 0 amide bonds. The third kappa shape index (κ3) is 3.08. The van der Waals surface area contributed by atoms with E-state index in [1.807, 2.05) is 6.92 Å². The number of hydrogen-bond donors (Lipinski definition) is 1. The van der Waals surface area contributed by atoms with Gasteiger partial charge in [0.2, 0.25) is 0 Å². The Labute approximate surface area is 104 Å². The largest absolute Gasteiger partial charge is 0.377 e. The van der Waals surface area contributed by atoms with Gasteiger partial charge in [-0.3, -0.25) is 0 Å². The van der Waals surface area contributed by atoms with Crippen LogP contribution in [0.15, 0.2) is 18.2 Å². The number of nitrogens with one attached hydrogen (secondary N) is 1. The zero-order chi connectivity index (χ0) is 12.3. The van der Waals surface area contributed by atoms with Crippen LogP contribution >= 0.6 is 0 Å². The van der Waals surface area contributed by atoms with Gasteiger partial charge < -0.3 is 10.1 Å². The van der Waals surface area contributed by atoms with E-state index in [0.29, 0.717) is 12.1 Å². The minimum absolute atomic E-state index is 0.300. The normalized spacial score (nSPS) is 20.3. The molecule has 94 valence electrons. The molecular formula is C15H23NO. The maximum Gasteiger partial charge on any atom is 0.0671 e. The number of benzene rings is 1. The average molecular weight is 233 g/mol. The Morgan fingerprint density at radius 1 is 1.47 bits per heavy atom. The highest BCUT2D eigenvalue weighted by molar-refractivity contribution is 5.37. The first-order valence-electron chi connectivity index (χ1n) is 6.65. The molecule has 1 aliphatic rings. The molecule has 0 aliphatic heterocycles. The van der Waals surface area contributed by atoms with Crippen molar-refractivity contribution in [3.63, 3.8) is 0 Å². The van der Waals surface area contributed by atoms with Crippen molar-refractivity contribution in [2.24, 2.45) is 0 Å². The molecule has 2 heteroatoms. The minimum Gasteiger partial charge on any atom is -0.377 e. The van der Waals surface area contributed by atoms with Crippen molar-refractivity contribution in [2.45, 2.75) is 45.8 Å². The molecule has 0 bridgehead atoms. The maximum atomic E-state index is 5.55. The highest BCUT2D eigenvalue weighted by atomic mass is 16.5. The molecule has 1 N–H and O–H groups in total. The van der Waals surface area contributed by atoms with Gasteiger partial charge >= 0.3 is 0 Å². The molecule has 0 fully saturated rings. The quantitative estimate of drug-likeness (QED) is 0.844.